The third-order valence-electron chi connectivity index (χ3n) is 10.8. The van der Waals surface area contributed by atoms with Crippen LogP contribution in [0.4, 0.5) is 28.4 Å². The summed E-state index contributed by atoms with van der Waals surface area (Å²) in [4.78, 5) is 4.63. The van der Waals surface area contributed by atoms with Gasteiger partial charge in [0, 0.05) is 40.9 Å². The standard InChI is InChI=1S/C51H36N2/c1-52(49-34-33-47-45-18-9-14-39-13-8-17-44(50(39)45)46-19-10-20-48(49)51(46)47)40-27-21-37(22-28-40)38-25-31-43(32-26-38)53(41-15-6-3-7-16-41)42-29-23-36(24-30-42)35-11-4-2-5-12-35/h2-34H,1H3. The minimum absolute atomic E-state index is 1.12. The van der Waals surface area contributed by atoms with Gasteiger partial charge in [-0.2, -0.15) is 0 Å². The van der Waals surface area contributed by atoms with E-state index in [0.29, 0.717) is 0 Å². The van der Waals surface area contributed by atoms with Gasteiger partial charge >= 0.3 is 0 Å². The van der Waals surface area contributed by atoms with E-state index in [2.05, 4.69) is 217 Å². The second-order valence-corrected chi connectivity index (χ2v) is 13.8. The van der Waals surface area contributed by atoms with Crippen LogP contribution in [0.3, 0.4) is 0 Å². The molecule has 2 nitrogen and oxygen atoms in total. The molecular weight excluding hydrogens is 641 g/mol. The zero-order valence-corrected chi connectivity index (χ0v) is 29.4. The summed E-state index contributed by atoms with van der Waals surface area (Å²) >= 11 is 0. The van der Waals surface area contributed by atoms with Crippen LogP contribution < -0.4 is 9.80 Å². The Balaban J connectivity index is 0.960. The van der Waals surface area contributed by atoms with E-state index in [0.717, 1.165) is 22.7 Å². The Labute approximate surface area is 309 Å². The van der Waals surface area contributed by atoms with Gasteiger partial charge in [-0.25, -0.2) is 0 Å². The molecule has 0 aliphatic carbocycles. The van der Waals surface area contributed by atoms with Crippen molar-refractivity contribution >= 4 is 71.5 Å². The quantitative estimate of drug-likeness (QED) is 0.122. The minimum Gasteiger partial charge on any atom is -0.344 e. The van der Waals surface area contributed by atoms with E-state index >= 15 is 0 Å². The summed E-state index contributed by atoms with van der Waals surface area (Å²) in [7, 11) is 2.18. The number of benzene rings is 10. The highest BCUT2D eigenvalue weighted by Crippen LogP contribution is 2.44. The number of anilines is 5. The van der Waals surface area contributed by atoms with Crippen LogP contribution in [0.1, 0.15) is 0 Å². The van der Waals surface area contributed by atoms with Crippen molar-refractivity contribution in [1.29, 1.82) is 0 Å². The van der Waals surface area contributed by atoms with Gasteiger partial charge in [0.25, 0.3) is 0 Å². The molecule has 0 N–H and O–H groups in total. The zero-order valence-electron chi connectivity index (χ0n) is 29.4. The zero-order chi connectivity index (χ0) is 35.3. The molecule has 0 unspecified atom stereocenters. The molecule has 10 rings (SSSR count). The number of fused-ring (bicyclic) bond motifs is 2. The van der Waals surface area contributed by atoms with Gasteiger partial charge in [0.1, 0.15) is 0 Å². The van der Waals surface area contributed by atoms with E-state index in [-0.39, 0.29) is 0 Å². The molecule has 0 radical (unpaired) electrons. The second kappa shape index (κ2) is 12.7. The Morgan fingerprint density at radius 3 is 1.26 bits per heavy atom. The Kier molecular flexibility index (Phi) is 7.40. The molecular formula is C51H36N2. The lowest BCUT2D eigenvalue weighted by atomic mass is 9.89. The molecule has 0 atom stereocenters. The maximum absolute atomic E-state index is 2.32. The molecule has 0 saturated heterocycles. The lowest BCUT2D eigenvalue weighted by molar-refractivity contribution is 1.22. The number of hydrogen-bond acceptors (Lipinski definition) is 2. The fourth-order valence-corrected chi connectivity index (χ4v) is 8.20. The van der Waals surface area contributed by atoms with Gasteiger partial charge < -0.3 is 9.80 Å². The summed E-state index contributed by atoms with van der Waals surface area (Å²) in [5.74, 6) is 0. The van der Waals surface area contributed by atoms with Crippen molar-refractivity contribution in [2.24, 2.45) is 0 Å². The van der Waals surface area contributed by atoms with Crippen LogP contribution in [-0.2, 0) is 0 Å². The van der Waals surface area contributed by atoms with Gasteiger partial charge in [-0.15, -0.1) is 0 Å². The molecule has 0 spiro atoms. The molecule has 53 heavy (non-hydrogen) atoms. The molecule has 0 fully saturated rings. The molecule has 0 amide bonds. The largest absolute Gasteiger partial charge is 0.344 e. The average Bonchev–Trinajstić information content (AvgIpc) is 3.24. The first-order chi connectivity index (χ1) is 26.2. The van der Waals surface area contributed by atoms with E-state index < -0.39 is 0 Å². The first-order valence-electron chi connectivity index (χ1n) is 18.2. The van der Waals surface area contributed by atoms with E-state index in [9.17, 15) is 0 Å². The summed E-state index contributed by atoms with van der Waals surface area (Å²) in [6, 6.07) is 72.5. The van der Waals surface area contributed by atoms with Crippen molar-refractivity contribution in [3.63, 3.8) is 0 Å². The van der Waals surface area contributed by atoms with E-state index in [1.165, 1.54) is 71.0 Å². The Hall–Kier alpha value is -6.90. The van der Waals surface area contributed by atoms with Gasteiger partial charge in [0.05, 0.1) is 0 Å². The number of nitrogens with zero attached hydrogens (tertiary/aromatic N) is 2. The monoisotopic (exact) mass is 676 g/mol. The first kappa shape index (κ1) is 30.9. The fraction of sp³-hybridized carbons (Fsp3) is 0.0196. The smallest absolute Gasteiger partial charge is 0.0488 e. The lowest BCUT2D eigenvalue weighted by Crippen LogP contribution is -2.10. The Morgan fingerprint density at radius 1 is 0.283 bits per heavy atom. The molecule has 0 aliphatic rings. The van der Waals surface area contributed by atoms with Crippen LogP contribution in [0.5, 0.6) is 0 Å². The van der Waals surface area contributed by atoms with Crippen molar-refractivity contribution in [3.8, 4) is 22.3 Å². The lowest BCUT2D eigenvalue weighted by Gasteiger charge is -2.26. The van der Waals surface area contributed by atoms with Crippen LogP contribution >= 0.6 is 0 Å². The van der Waals surface area contributed by atoms with Crippen LogP contribution in [0, 0.1) is 0 Å². The van der Waals surface area contributed by atoms with Crippen molar-refractivity contribution in [1.82, 2.24) is 0 Å². The van der Waals surface area contributed by atoms with Crippen LogP contribution in [0.2, 0.25) is 0 Å². The maximum atomic E-state index is 2.32. The number of hydrogen-bond donors (Lipinski definition) is 0. The SMILES string of the molecule is CN(c1ccc(-c2ccc(N(c3ccccc3)c3ccc(-c4ccccc4)cc3)cc2)cc1)c1ccc2c3cccc4cccc(c5cccc1c52)c43. The van der Waals surface area contributed by atoms with Crippen LogP contribution in [0.15, 0.2) is 200 Å². The molecule has 2 heteroatoms. The number of para-hydroxylation sites is 1. The molecule has 250 valence electrons. The van der Waals surface area contributed by atoms with Gasteiger partial charge in [-0.05, 0) is 115 Å². The first-order valence-corrected chi connectivity index (χ1v) is 18.2. The highest BCUT2D eigenvalue weighted by Gasteiger charge is 2.17. The maximum Gasteiger partial charge on any atom is 0.0488 e. The molecule has 0 heterocycles. The van der Waals surface area contributed by atoms with Crippen LogP contribution in [-0.4, -0.2) is 7.05 Å². The molecule has 10 aromatic rings. The molecule has 10 aromatic carbocycles. The second-order valence-electron chi connectivity index (χ2n) is 13.8. The predicted molar refractivity (Wildman–Crippen MR) is 228 cm³/mol. The van der Waals surface area contributed by atoms with Crippen molar-refractivity contribution in [2.75, 3.05) is 16.8 Å². The van der Waals surface area contributed by atoms with Crippen molar-refractivity contribution in [3.05, 3.63) is 200 Å². The summed E-state index contributed by atoms with van der Waals surface area (Å²) < 4.78 is 0. The summed E-state index contributed by atoms with van der Waals surface area (Å²) in [6.45, 7) is 0. The highest BCUT2D eigenvalue weighted by molar-refractivity contribution is 6.34. The van der Waals surface area contributed by atoms with Crippen molar-refractivity contribution in [2.45, 2.75) is 0 Å². The third kappa shape index (κ3) is 5.27. The van der Waals surface area contributed by atoms with Gasteiger partial charge in [-0.1, -0.05) is 146 Å². The molecule has 0 aliphatic heterocycles. The average molecular weight is 677 g/mol. The van der Waals surface area contributed by atoms with Crippen LogP contribution in [0.25, 0.3) is 65.3 Å². The van der Waals surface area contributed by atoms with Gasteiger partial charge in [0.15, 0.2) is 0 Å². The minimum atomic E-state index is 1.12. The summed E-state index contributed by atoms with van der Waals surface area (Å²) in [6.07, 6.45) is 0. The van der Waals surface area contributed by atoms with Gasteiger partial charge in [-0.3, -0.25) is 0 Å². The number of rotatable bonds is 7. The summed E-state index contributed by atoms with van der Waals surface area (Å²) in [5.41, 5.74) is 10.5. The van der Waals surface area contributed by atoms with E-state index in [1.807, 2.05) is 0 Å². The molecule has 0 bridgehead atoms. The predicted octanol–water partition coefficient (Wildman–Crippen LogP) is 14.3. The topological polar surface area (TPSA) is 6.48 Å². The van der Waals surface area contributed by atoms with E-state index in [4.69, 9.17) is 0 Å². The van der Waals surface area contributed by atoms with E-state index in [1.54, 1.807) is 0 Å². The highest BCUT2D eigenvalue weighted by atomic mass is 15.1. The molecule has 0 aromatic heterocycles. The summed E-state index contributed by atoms with van der Waals surface area (Å²) in [5, 5.41) is 10.5. The normalized spacial score (nSPS) is 11.5. The van der Waals surface area contributed by atoms with Gasteiger partial charge in [0.2, 0.25) is 0 Å². The molecule has 0 saturated carbocycles. The third-order valence-corrected chi connectivity index (χ3v) is 10.8. The Morgan fingerprint density at radius 2 is 0.698 bits per heavy atom. The Bertz CT molecular complexity index is 2810. The fourth-order valence-electron chi connectivity index (χ4n) is 8.20. The van der Waals surface area contributed by atoms with Crippen molar-refractivity contribution < 1.29 is 0 Å².